The lowest BCUT2D eigenvalue weighted by molar-refractivity contribution is 0.0761. The first-order chi connectivity index (χ1) is 8.72. The van der Waals surface area contributed by atoms with Gasteiger partial charge in [-0.3, -0.25) is 4.79 Å². The fourth-order valence-electron chi connectivity index (χ4n) is 2.20. The van der Waals surface area contributed by atoms with Gasteiger partial charge in [0.2, 0.25) is 0 Å². The Hall–Kier alpha value is -1.29. The molecule has 4 nitrogen and oxygen atoms in total. The monoisotopic (exact) mass is 267 g/mol. The van der Waals surface area contributed by atoms with Gasteiger partial charge >= 0.3 is 0 Å². The Bertz CT molecular complexity index is 428. The van der Waals surface area contributed by atoms with Crippen LogP contribution in [0.3, 0.4) is 0 Å². The topological polar surface area (TPSA) is 45.2 Å². The van der Waals surface area contributed by atoms with Gasteiger partial charge < -0.3 is 10.2 Å². The van der Waals surface area contributed by atoms with Gasteiger partial charge in [0.1, 0.15) is 5.82 Å². The van der Waals surface area contributed by atoms with Crippen molar-refractivity contribution in [2.75, 3.05) is 25.5 Å². The van der Waals surface area contributed by atoms with Crippen LogP contribution in [0.2, 0.25) is 5.02 Å². The van der Waals surface area contributed by atoms with Crippen LogP contribution < -0.4 is 5.32 Å². The van der Waals surface area contributed by atoms with Crippen LogP contribution in [0.1, 0.15) is 36.0 Å². The number of amides is 1. The van der Waals surface area contributed by atoms with Crippen molar-refractivity contribution in [1.29, 1.82) is 0 Å². The molecule has 98 valence electrons. The highest BCUT2D eigenvalue weighted by Crippen LogP contribution is 2.21. The quantitative estimate of drug-likeness (QED) is 0.896. The minimum absolute atomic E-state index is 0.0361. The van der Waals surface area contributed by atoms with E-state index in [1.54, 1.807) is 19.3 Å². The molecular formula is C13H18ClN3O. The number of carbonyl (C=O) groups excluding carboxylic acids is 1. The second-order valence-corrected chi connectivity index (χ2v) is 4.92. The van der Waals surface area contributed by atoms with Gasteiger partial charge in [-0.05, 0) is 18.9 Å². The van der Waals surface area contributed by atoms with Gasteiger partial charge in [-0.15, -0.1) is 0 Å². The van der Waals surface area contributed by atoms with Crippen LogP contribution in [-0.2, 0) is 0 Å². The zero-order chi connectivity index (χ0) is 13.0. The molecule has 0 radical (unpaired) electrons. The van der Waals surface area contributed by atoms with Crippen LogP contribution in [0.4, 0.5) is 5.82 Å². The second kappa shape index (κ2) is 6.05. The van der Waals surface area contributed by atoms with Crippen molar-refractivity contribution in [2.24, 2.45) is 0 Å². The first-order valence-corrected chi connectivity index (χ1v) is 6.72. The van der Waals surface area contributed by atoms with E-state index >= 15 is 0 Å². The van der Waals surface area contributed by atoms with Gasteiger partial charge in [-0.25, -0.2) is 4.98 Å². The van der Waals surface area contributed by atoms with E-state index < -0.39 is 0 Å². The molecule has 5 heteroatoms. The first-order valence-electron chi connectivity index (χ1n) is 6.35. The third-order valence-corrected chi connectivity index (χ3v) is 3.51. The van der Waals surface area contributed by atoms with Crippen LogP contribution >= 0.6 is 11.6 Å². The Labute approximate surface area is 112 Å². The summed E-state index contributed by atoms with van der Waals surface area (Å²) in [6.45, 7) is 1.68. The standard InChI is InChI=1S/C13H18ClN3O/c1-15-12-11(14)8-10(9-16-12)13(18)17-6-4-2-3-5-7-17/h8-9H,2-7H2,1H3,(H,15,16). The molecule has 0 spiro atoms. The van der Waals surface area contributed by atoms with Crippen molar-refractivity contribution in [3.63, 3.8) is 0 Å². The molecule has 1 aromatic heterocycles. The van der Waals surface area contributed by atoms with E-state index in [-0.39, 0.29) is 5.91 Å². The van der Waals surface area contributed by atoms with E-state index in [2.05, 4.69) is 10.3 Å². The van der Waals surface area contributed by atoms with Crippen LogP contribution in [-0.4, -0.2) is 35.9 Å². The highest BCUT2D eigenvalue weighted by molar-refractivity contribution is 6.33. The van der Waals surface area contributed by atoms with Crippen molar-refractivity contribution in [3.05, 3.63) is 22.8 Å². The molecule has 1 aliphatic rings. The number of aromatic nitrogens is 1. The van der Waals surface area contributed by atoms with Crippen molar-refractivity contribution < 1.29 is 4.79 Å². The SMILES string of the molecule is CNc1ncc(C(=O)N2CCCCCC2)cc1Cl. The number of rotatable bonds is 2. The fraction of sp³-hybridized carbons (Fsp3) is 0.538. The smallest absolute Gasteiger partial charge is 0.255 e. The largest absolute Gasteiger partial charge is 0.372 e. The van der Waals surface area contributed by atoms with E-state index in [0.29, 0.717) is 16.4 Å². The summed E-state index contributed by atoms with van der Waals surface area (Å²) in [7, 11) is 1.75. The van der Waals surface area contributed by atoms with E-state index in [0.717, 1.165) is 25.9 Å². The molecular weight excluding hydrogens is 250 g/mol. The zero-order valence-electron chi connectivity index (χ0n) is 10.6. The summed E-state index contributed by atoms with van der Waals surface area (Å²) in [6, 6.07) is 1.69. The average Bonchev–Trinajstić information content (AvgIpc) is 2.66. The Morgan fingerprint density at radius 1 is 1.33 bits per heavy atom. The molecule has 1 amide bonds. The number of nitrogens with one attached hydrogen (secondary N) is 1. The van der Waals surface area contributed by atoms with Gasteiger partial charge in [-0.1, -0.05) is 24.4 Å². The summed E-state index contributed by atoms with van der Waals surface area (Å²) < 4.78 is 0. The lowest BCUT2D eigenvalue weighted by Gasteiger charge is -2.20. The average molecular weight is 268 g/mol. The van der Waals surface area contributed by atoms with E-state index in [1.165, 1.54) is 12.8 Å². The zero-order valence-corrected chi connectivity index (χ0v) is 11.3. The number of hydrogen-bond acceptors (Lipinski definition) is 3. The Morgan fingerprint density at radius 2 is 2.00 bits per heavy atom. The molecule has 0 saturated carbocycles. The minimum Gasteiger partial charge on any atom is -0.372 e. The first kappa shape index (κ1) is 13.1. The Balaban J connectivity index is 2.14. The maximum Gasteiger partial charge on any atom is 0.255 e. The molecule has 0 bridgehead atoms. The van der Waals surface area contributed by atoms with E-state index in [1.807, 2.05) is 4.90 Å². The lowest BCUT2D eigenvalue weighted by atomic mass is 10.2. The summed E-state index contributed by atoms with van der Waals surface area (Å²) in [6.07, 6.45) is 6.18. The van der Waals surface area contributed by atoms with E-state index in [4.69, 9.17) is 11.6 Å². The van der Waals surface area contributed by atoms with Crippen LogP contribution in [0.5, 0.6) is 0 Å². The molecule has 2 rings (SSSR count). The summed E-state index contributed by atoms with van der Waals surface area (Å²) in [5.41, 5.74) is 0.570. The summed E-state index contributed by atoms with van der Waals surface area (Å²) in [5.74, 6) is 0.637. The van der Waals surface area contributed by atoms with Gasteiger partial charge in [0.15, 0.2) is 0 Å². The molecule has 18 heavy (non-hydrogen) atoms. The molecule has 0 unspecified atom stereocenters. The van der Waals surface area contributed by atoms with Gasteiger partial charge in [0.25, 0.3) is 5.91 Å². The maximum atomic E-state index is 12.3. The number of nitrogens with zero attached hydrogens (tertiary/aromatic N) is 2. The molecule has 1 aromatic rings. The van der Waals surface area contributed by atoms with Crippen molar-refractivity contribution in [1.82, 2.24) is 9.88 Å². The predicted octanol–water partition coefficient (Wildman–Crippen LogP) is 2.79. The molecule has 1 fully saturated rings. The van der Waals surface area contributed by atoms with Crippen LogP contribution in [0.15, 0.2) is 12.3 Å². The minimum atomic E-state index is 0.0361. The molecule has 0 aromatic carbocycles. The summed E-state index contributed by atoms with van der Waals surface area (Å²) in [5, 5.41) is 3.37. The molecule has 0 aliphatic carbocycles. The number of anilines is 1. The molecule has 0 atom stereocenters. The highest BCUT2D eigenvalue weighted by atomic mass is 35.5. The Morgan fingerprint density at radius 3 is 2.56 bits per heavy atom. The molecule has 1 saturated heterocycles. The third kappa shape index (κ3) is 2.93. The molecule has 2 heterocycles. The lowest BCUT2D eigenvalue weighted by Crippen LogP contribution is -2.31. The second-order valence-electron chi connectivity index (χ2n) is 4.51. The number of halogens is 1. The summed E-state index contributed by atoms with van der Waals surface area (Å²) >= 11 is 6.05. The van der Waals surface area contributed by atoms with Crippen molar-refractivity contribution in [2.45, 2.75) is 25.7 Å². The number of hydrogen-bond donors (Lipinski definition) is 1. The van der Waals surface area contributed by atoms with Crippen LogP contribution in [0, 0.1) is 0 Å². The van der Waals surface area contributed by atoms with E-state index in [9.17, 15) is 4.79 Å². The van der Waals surface area contributed by atoms with Gasteiger partial charge in [0.05, 0.1) is 10.6 Å². The number of pyridine rings is 1. The third-order valence-electron chi connectivity index (χ3n) is 3.22. The number of carbonyl (C=O) groups is 1. The molecule has 1 aliphatic heterocycles. The highest BCUT2D eigenvalue weighted by Gasteiger charge is 2.18. The normalized spacial score (nSPS) is 16.2. The maximum absolute atomic E-state index is 12.3. The van der Waals surface area contributed by atoms with Crippen LogP contribution in [0.25, 0.3) is 0 Å². The predicted molar refractivity (Wildman–Crippen MR) is 73.2 cm³/mol. The Kier molecular flexibility index (Phi) is 4.42. The molecule has 1 N–H and O–H groups in total. The fourth-order valence-corrected chi connectivity index (χ4v) is 2.46. The van der Waals surface area contributed by atoms with Crippen molar-refractivity contribution in [3.8, 4) is 0 Å². The number of likely N-dealkylation sites (tertiary alicyclic amines) is 1. The van der Waals surface area contributed by atoms with Gasteiger partial charge in [0, 0.05) is 26.3 Å². The van der Waals surface area contributed by atoms with Crippen molar-refractivity contribution >= 4 is 23.3 Å². The van der Waals surface area contributed by atoms with Gasteiger partial charge in [-0.2, -0.15) is 0 Å². The summed E-state index contributed by atoms with van der Waals surface area (Å²) in [4.78, 5) is 18.4.